The van der Waals surface area contributed by atoms with Gasteiger partial charge in [-0.1, -0.05) is 29.8 Å². The van der Waals surface area contributed by atoms with Crippen molar-refractivity contribution >= 4 is 17.8 Å². The predicted molar refractivity (Wildman–Crippen MR) is 111 cm³/mol. The number of alkyl halides is 3. The Kier molecular flexibility index (Phi) is 8.36. The van der Waals surface area contributed by atoms with Gasteiger partial charge in [-0.2, -0.15) is 13.2 Å². The van der Waals surface area contributed by atoms with Crippen LogP contribution in [0.1, 0.15) is 32.6 Å². The molecule has 2 amide bonds. The van der Waals surface area contributed by atoms with Gasteiger partial charge in [-0.15, -0.1) is 0 Å². The van der Waals surface area contributed by atoms with E-state index in [4.69, 9.17) is 0 Å². The van der Waals surface area contributed by atoms with Crippen LogP contribution in [0.25, 0.3) is 0 Å². The summed E-state index contributed by atoms with van der Waals surface area (Å²) < 4.78 is 38.3. The van der Waals surface area contributed by atoms with Crippen LogP contribution in [-0.2, 0) is 22.3 Å². The minimum absolute atomic E-state index is 0.0596. The molecule has 0 aliphatic rings. The number of carbonyl (C=O) groups excluding carboxylic acids is 2. The molecule has 0 saturated carbocycles. The van der Waals surface area contributed by atoms with Gasteiger partial charge < -0.3 is 21.1 Å². The molecule has 0 heterocycles. The fraction of sp³-hybridized carbons (Fsp3) is 0.318. The van der Waals surface area contributed by atoms with E-state index in [0.717, 1.165) is 28.8 Å². The Morgan fingerprint density at radius 2 is 1.78 bits per heavy atom. The largest absolute Gasteiger partial charge is 0.480 e. The Morgan fingerprint density at radius 1 is 1.06 bits per heavy atom. The number of carbonyl (C=O) groups is 3. The lowest BCUT2D eigenvalue weighted by Gasteiger charge is -2.16. The smallest absolute Gasteiger partial charge is 0.416 e. The molecule has 0 aliphatic carbocycles. The molecule has 0 fully saturated rings. The maximum atomic E-state index is 12.8. The van der Waals surface area contributed by atoms with Crippen molar-refractivity contribution in [1.82, 2.24) is 16.0 Å². The van der Waals surface area contributed by atoms with Crippen LogP contribution in [0.15, 0.2) is 42.5 Å². The van der Waals surface area contributed by atoms with Crippen molar-refractivity contribution in [1.29, 1.82) is 0 Å². The maximum absolute atomic E-state index is 12.8. The molecular weight excluding hydrogens is 427 g/mol. The number of benzene rings is 2. The Labute approximate surface area is 183 Å². The van der Waals surface area contributed by atoms with Crippen LogP contribution < -0.4 is 16.0 Å². The molecule has 32 heavy (non-hydrogen) atoms. The second kappa shape index (κ2) is 10.8. The van der Waals surface area contributed by atoms with E-state index in [0.29, 0.717) is 12.6 Å². The van der Waals surface area contributed by atoms with E-state index < -0.39 is 42.1 Å². The number of aliphatic carboxylic acids is 1. The lowest BCUT2D eigenvalue weighted by atomic mass is 10.1. The number of carboxylic acid groups (broad SMARTS) is 1. The number of rotatable bonds is 9. The number of amides is 2. The first-order valence-corrected chi connectivity index (χ1v) is 9.72. The van der Waals surface area contributed by atoms with Gasteiger partial charge in [0.2, 0.25) is 5.91 Å². The van der Waals surface area contributed by atoms with Crippen molar-refractivity contribution in [2.45, 2.75) is 32.6 Å². The minimum Gasteiger partial charge on any atom is -0.480 e. The molecule has 0 unspecified atom stereocenters. The molecule has 7 nitrogen and oxygen atoms in total. The number of nitrogens with one attached hydrogen (secondary N) is 3. The number of aryl methyl sites for hydroxylation is 2. The molecule has 0 aromatic heterocycles. The lowest BCUT2D eigenvalue weighted by Crippen LogP contribution is -2.50. The second-order valence-electron chi connectivity index (χ2n) is 7.28. The minimum atomic E-state index is -4.60. The van der Waals surface area contributed by atoms with E-state index in [1.807, 2.05) is 32.0 Å². The number of carboxylic acids is 1. The Bertz CT molecular complexity index is 993. The molecule has 4 N–H and O–H groups in total. The summed E-state index contributed by atoms with van der Waals surface area (Å²) in [7, 11) is 0. The van der Waals surface area contributed by atoms with Crippen LogP contribution in [-0.4, -0.2) is 42.0 Å². The van der Waals surface area contributed by atoms with Gasteiger partial charge in [-0.05, 0) is 43.2 Å². The molecule has 0 bridgehead atoms. The Morgan fingerprint density at radius 3 is 2.41 bits per heavy atom. The van der Waals surface area contributed by atoms with Crippen molar-refractivity contribution in [3.63, 3.8) is 0 Å². The molecule has 0 spiro atoms. The highest BCUT2D eigenvalue weighted by molar-refractivity contribution is 5.97. The van der Waals surface area contributed by atoms with Gasteiger partial charge in [-0.3, -0.25) is 9.59 Å². The zero-order valence-electron chi connectivity index (χ0n) is 17.5. The Balaban J connectivity index is 1.86. The summed E-state index contributed by atoms with van der Waals surface area (Å²) in [5, 5.41) is 16.8. The van der Waals surface area contributed by atoms with E-state index in [2.05, 4.69) is 16.0 Å². The zero-order valence-corrected chi connectivity index (χ0v) is 17.5. The topological polar surface area (TPSA) is 108 Å². The van der Waals surface area contributed by atoms with Crippen LogP contribution in [0, 0.1) is 13.8 Å². The summed E-state index contributed by atoms with van der Waals surface area (Å²) in [6.45, 7) is 3.66. The van der Waals surface area contributed by atoms with Gasteiger partial charge >= 0.3 is 12.1 Å². The average Bonchev–Trinajstić information content (AvgIpc) is 2.72. The van der Waals surface area contributed by atoms with Crippen LogP contribution in [0.2, 0.25) is 0 Å². The van der Waals surface area contributed by atoms with Gasteiger partial charge in [0, 0.05) is 18.7 Å². The number of hydrogen-bond donors (Lipinski definition) is 4. The second-order valence-corrected chi connectivity index (χ2v) is 7.28. The van der Waals surface area contributed by atoms with Crippen molar-refractivity contribution in [3.05, 3.63) is 70.3 Å². The third-order valence-electron chi connectivity index (χ3n) is 4.66. The highest BCUT2D eigenvalue weighted by Gasteiger charge is 2.31. The van der Waals surface area contributed by atoms with Gasteiger partial charge in [-0.25, -0.2) is 4.79 Å². The summed E-state index contributed by atoms with van der Waals surface area (Å²) in [4.78, 5) is 35.5. The standard InChI is InChI=1S/C22H24F3N3O4/c1-13-6-7-16(14(2)8-13)10-26-11-18(21(31)32)28-19(29)12-27-20(30)15-4-3-5-17(9-15)22(23,24)25/h3-9,18,26H,10-12H2,1-2H3,(H,27,30)(H,28,29)(H,31,32)/t18-/m0/s1. The summed E-state index contributed by atoms with van der Waals surface area (Å²) in [6, 6.07) is 8.37. The van der Waals surface area contributed by atoms with Crippen LogP contribution in [0.5, 0.6) is 0 Å². The SMILES string of the molecule is Cc1ccc(CNC[C@H](NC(=O)CNC(=O)c2cccc(C(F)(F)F)c2)C(=O)O)c(C)c1. The maximum Gasteiger partial charge on any atom is 0.416 e. The average molecular weight is 451 g/mol. The van der Waals surface area contributed by atoms with E-state index in [1.54, 1.807) is 0 Å². The van der Waals surface area contributed by atoms with Crippen LogP contribution in [0.4, 0.5) is 13.2 Å². The van der Waals surface area contributed by atoms with Gasteiger partial charge in [0.15, 0.2) is 0 Å². The third-order valence-corrected chi connectivity index (χ3v) is 4.66. The van der Waals surface area contributed by atoms with E-state index in [1.165, 1.54) is 6.07 Å². The van der Waals surface area contributed by atoms with Crippen LogP contribution >= 0.6 is 0 Å². The fourth-order valence-electron chi connectivity index (χ4n) is 2.94. The quantitative estimate of drug-likeness (QED) is 0.469. The summed E-state index contributed by atoms with van der Waals surface area (Å²) in [6.07, 6.45) is -4.60. The zero-order chi connectivity index (χ0) is 23.9. The first-order chi connectivity index (χ1) is 15.0. The van der Waals surface area contributed by atoms with E-state index in [9.17, 15) is 32.7 Å². The highest BCUT2D eigenvalue weighted by atomic mass is 19.4. The van der Waals surface area contributed by atoms with Gasteiger partial charge in [0.25, 0.3) is 5.91 Å². The third kappa shape index (κ3) is 7.38. The summed E-state index contributed by atoms with van der Waals surface area (Å²) >= 11 is 0. The van der Waals surface area contributed by atoms with Gasteiger partial charge in [0.1, 0.15) is 6.04 Å². The first kappa shape index (κ1) is 24.9. The van der Waals surface area contributed by atoms with Crippen molar-refractivity contribution in [2.24, 2.45) is 0 Å². The summed E-state index contributed by atoms with van der Waals surface area (Å²) in [5.74, 6) is -2.94. The normalized spacial score (nSPS) is 12.2. The first-order valence-electron chi connectivity index (χ1n) is 9.72. The molecule has 172 valence electrons. The Hall–Kier alpha value is -3.40. The fourth-order valence-corrected chi connectivity index (χ4v) is 2.94. The van der Waals surface area contributed by atoms with E-state index >= 15 is 0 Å². The molecule has 1 atom stereocenters. The van der Waals surface area contributed by atoms with Crippen molar-refractivity contribution in [2.75, 3.05) is 13.1 Å². The van der Waals surface area contributed by atoms with Gasteiger partial charge in [0.05, 0.1) is 12.1 Å². The number of hydrogen-bond acceptors (Lipinski definition) is 4. The van der Waals surface area contributed by atoms with E-state index in [-0.39, 0.29) is 12.1 Å². The molecule has 2 aromatic carbocycles. The van der Waals surface area contributed by atoms with Crippen LogP contribution in [0.3, 0.4) is 0 Å². The predicted octanol–water partition coefficient (Wildman–Crippen LogP) is 2.41. The molecule has 0 saturated heterocycles. The molecule has 2 rings (SSSR count). The lowest BCUT2D eigenvalue weighted by molar-refractivity contribution is -0.141. The number of halogens is 3. The monoisotopic (exact) mass is 451 g/mol. The molecule has 0 aliphatic heterocycles. The molecule has 0 radical (unpaired) electrons. The molecule has 10 heteroatoms. The van der Waals surface area contributed by atoms with Crippen molar-refractivity contribution < 1.29 is 32.7 Å². The molecular formula is C22H24F3N3O4. The summed E-state index contributed by atoms with van der Waals surface area (Å²) in [5.41, 5.74) is 1.88. The molecule has 2 aromatic rings. The van der Waals surface area contributed by atoms with Crippen molar-refractivity contribution in [3.8, 4) is 0 Å². The highest BCUT2D eigenvalue weighted by Crippen LogP contribution is 2.29.